The Bertz CT molecular complexity index is 469. The third-order valence-corrected chi connectivity index (χ3v) is 2.43. The molecule has 0 heterocycles. The molecule has 0 saturated carbocycles. The predicted octanol–water partition coefficient (Wildman–Crippen LogP) is 2.24. The fraction of sp³-hybridized carbons (Fsp3) is 0.0769. The van der Waals surface area contributed by atoms with Gasteiger partial charge in [0.15, 0.2) is 11.5 Å². The second-order valence-electron chi connectivity index (χ2n) is 3.55. The van der Waals surface area contributed by atoms with Crippen molar-refractivity contribution in [3.63, 3.8) is 0 Å². The Balaban J connectivity index is 2.31. The monoisotopic (exact) mass is 215 g/mol. The van der Waals surface area contributed by atoms with Crippen LogP contribution >= 0.6 is 0 Å². The van der Waals surface area contributed by atoms with Gasteiger partial charge in [0.2, 0.25) is 0 Å². The van der Waals surface area contributed by atoms with Crippen molar-refractivity contribution in [1.29, 1.82) is 0 Å². The van der Waals surface area contributed by atoms with E-state index in [1.165, 1.54) is 0 Å². The molecule has 0 fully saturated rings. The standard InChI is InChI=1S/C13H13NO2/c14-16-13-11(7-4-8-12(13)15)9-10-5-2-1-3-6-10/h1-8,15H,9,14H2. The summed E-state index contributed by atoms with van der Waals surface area (Å²) in [5.41, 5.74) is 2.01. The van der Waals surface area contributed by atoms with Crippen molar-refractivity contribution >= 4 is 0 Å². The van der Waals surface area contributed by atoms with Gasteiger partial charge in [0, 0.05) is 12.0 Å². The van der Waals surface area contributed by atoms with Gasteiger partial charge in [-0.3, -0.25) is 0 Å². The summed E-state index contributed by atoms with van der Waals surface area (Å²) in [6.07, 6.45) is 0.682. The lowest BCUT2D eigenvalue weighted by molar-refractivity contribution is 0.309. The molecule has 0 unspecified atom stereocenters. The highest BCUT2D eigenvalue weighted by Crippen LogP contribution is 2.30. The minimum Gasteiger partial charge on any atom is -0.504 e. The van der Waals surface area contributed by atoms with E-state index < -0.39 is 0 Å². The molecule has 0 spiro atoms. The van der Waals surface area contributed by atoms with Crippen LogP contribution in [0.2, 0.25) is 0 Å². The zero-order chi connectivity index (χ0) is 11.4. The van der Waals surface area contributed by atoms with Gasteiger partial charge in [-0.1, -0.05) is 42.5 Å². The van der Waals surface area contributed by atoms with Crippen molar-refractivity contribution in [1.82, 2.24) is 0 Å². The third-order valence-electron chi connectivity index (χ3n) is 2.43. The smallest absolute Gasteiger partial charge is 0.191 e. The quantitative estimate of drug-likeness (QED) is 0.772. The van der Waals surface area contributed by atoms with E-state index >= 15 is 0 Å². The second-order valence-corrected chi connectivity index (χ2v) is 3.55. The van der Waals surface area contributed by atoms with Gasteiger partial charge in [0.05, 0.1) is 0 Å². The molecule has 0 saturated heterocycles. The Labute approximate surface area is 94.1 Å². The van der Waals surface area contributed by atoms with E-state index in [4.69, 9.17) is 10.7 Å². The molecule has 0 amide bonds. The maximum atomic E-state index is 9.56. The molecule has 3 nitrogen and oxygen atoms in total. The van der Waals surface area contributed by atoms with Crippen LogP contribution in [0.1, 0.15) is 11.1 Å². The first-order chi connectivity index (χ1) is 7.81. The topological polar surface area (TPSA) is 55.5 Å². The summed E-state index contributed by atoms with van der Waals surface area (Å²) in [4.78, 5) is 4.70. The van der Waals surface area contributed by atoms with Gasteiger partial charge in [-0.2, -0.15) is 5.90 Å². The Morgan fingerprint density at radius 3 is 2.44 bits per heavy atom. The number of aromatic hydroxyl groups is 1. The van der Waals surface area contributed by atoms with Gasteiger partial charge in [-0.25, -0.2) is 0 Å². The van der Waals surface area contributed by atoms with Crippen molar-refractivity contribution in [2.24, 2.45) is 5.90 Å². The molecule has 2 rings (SSSR count). The predicted molar refractivity (Wildman–Crippen MR) is 62.2 cm³/mol. The first kappa shape index (κ1) is 10.5. The van der Waals surface area contributed by atoms with Crippen LogP contribution in [-0.4, -0.2) is 5.11 Å². The van der Waals surface area contributed by atoms with Crippen molar-refractivity contribution in [3.8, 4) is 11.5 Å². The zero-order valence-corrected chi connectivity index (χ0v) is 8.76. The van der Waals surface area contributed by atoms with E-state index in [9.17, 15) is 5.11 Å². The lowest BCUT2D eigenvalue weighted by atomic mass is 10.0. The molecule has 3 N–H and O–H groups in total. The molecule has 0 aromatic heterocycles. The molecule has 0 bridgehead atoms. The van der Waals surface area contributed by atoms with Crippen molar-refractivity contribution < 1.29 is 9.94 Å². The lowest BCUT2D eigenvalue weighted by Crippen LogP contribution is -2.05. The highest BCUT2D eigenvalue weighted by Gasteiger charge is 2.08. The van der Waals surface area contributed by atoms with Crippen molar-refractivity contribution in [2.75, 3.05) is 0 Å². The van der Waals surface area contributed by atoms with Gasteiger partial charge < -0.3 is 9.94 Å². The average Bonchev–Trinajstić information content (AvgIpc) is 2.31. The van der Waals surface area contributed by atoms with Crippen LogP contribution < -0.4 is 10.7 Å². The summed E-state index contributed by atoms with van der Waals surface area (Å²) < 4.78 is 0. The fourth-order valence-electron chi connectivity index (χ4n) is 1.66. The minimum absolute atomic E-state index is 0.0657. The first-order valence-electron chi connectivity index (χ1n) is 5.03. The van der Waals surface area contributed by atoms with Crippen LogP contribution in [0, 0.1) is 0 Å². The van der Waals surface area contributed by atoms with Gasteiger partial charge in [0.1, 0.15) is 0 Å². The van der Waals surface area contributed by atoms with Crippen LogP contribution in [0.4, 0.5) is 0 Å². The van der Waals surface area contributed by atoms with Gasteiger partial charge in [0.25, 0.3) is 0 Å². The van der Waals surface area contributed by atoms with E-state index in [1.807, 2.05) is 36.4 Å². The first-order valence-corrected chi connectivity index (χ1v) is 5.03. The number of nitrogens with two attached hydrogens (primary N) is 1. The van der Waals surface area contributed by atoms with Crippen LogP contribution in [0.15, 0.2) is 48.5 Å². The highest BCUT2D eigenvalue weighted by molar-refractivity contribution is 5.47. The molecule has 0 atom stereocenters. The SMILES string of the molecule is NOc1c(O)cccc1Cc1ccccc1. The maximum Gasteiger partial charge on any atom is 0.191 e. The molecule has 2 aromatic rings. The third kappa shape index (κ3) is 2.15. The zero-order valence-electron chi connectivity index (χ0n) is 8.76. The summed E-state index contributed by atoms with van der Waals surface area (Å²) in [5, 5.41) is 9.56. The van der Waals surface area contributed by atoms with E-state index in [-0.39, 0.29) is 5.75 Å². The Morgan fingerprint density at radius 1 is 1.00 bits per heavy atom. The molecule has 0 aliphatic rings. The number of benzene rings is 2. The number of para-hydroxylation sites is 1. The normalized spacial score (nSPS) is 10.1. The van der Waals surface area contributed by atoms with Gasteiger partial charge in [-0.15, -0.1) is 0 Å². The van der Waals surface area contributed by atoms with E-state index in [0.717, 1.165) is 11.1 Å². The molecular weight excluding hydrogens is 202 g/mol. The summed E-state index contributed by atoms with van der Waals surface area (Å²) in [6, 6.07) is 15.2. The van der Waals surface area contributed by atoms with Crippen molar-refractivity contribution in [3.05, 3.63) is 59.7 Å². The molecule has 2 aromatic carbocycles. The number of rotatable bonds is 3. The fourth-order valence-corrected chi connectivity index (χ4v) is 1.66. The molecule has 0 aliphatic heterocycles. The number of hydrogen-bond acceptors (Lipinski definition) is 3. The lowest BCUT2D eigenvalue weighted by Gasteiger charge is -2.08. The summed E-state index contributed by atoms with van der Waals surface area (Å²) in [7, 11) is 0. The Hall–Kier alpha value is -2.00. The van der Waals surface area contributed by atoms with Crippen molar-refractivity contribution in [2.45, 2.75) is 6.42 Å². The summed E-state index contributed by atoms with van der Waals surface area (Å²) in [5.74, 6) is 5.55. The highest BCUT2D eigenvalue weighted by atomic mass is 16.6. The van der Waals surface area contributed by atoms with Gasteiger partial charge in [-0.05, 0) is 11.6 Å². The van der Waals surface area contributed by atoms with E-state index in [2.05, 4.69) is 0 Å². The number of phenolic OH excluding ortho intramolecular Hbond substituents is 1. The maximum absolute atomic E-state index is 9.56. The van der Waals surface area contributed by atoms with Crippen LogP contribution in [0.5, 0.6) is 11.5 Å². The molecular formula is C13H13NO2. The number of phenols is 1. The van der Waals surface area contributed by atoms with Crippen LogP contribution in [0.3, 0.4) is 0 Å². The van der Waals surface area contributed by atoms with Crippen LogP contribution in [0.25, 0.3) is 0 Å². The average molecular weight is 215 g/mol. The van der Waals surface area contributed by atoms with E-state index in [1.54, 1.807) is 12.1 Å². The molecule has 82 valence electrons. The largest absolute Gasteiger partial charge is 0.504 e. The molecule has 0 aliphatic carbocycles. The molecule has 3 heteroatoms. The van der Waals surface area contributed by atoms with Gasteiger partial charge >= 0.3 is 0 Å². The second kappa shape index (κ2) is 4.68. The van der Waals surface area contributed by atoms with E-state index in [0.29, 0.717) is 12.2 Å². The molecule has 0 radical (unpaired) electrons. The number of hydrogen-bond donors (Lipinski definition) is 2. The van der Waals surface area contributed by atoms with Crippen LogP contribution in [-0.2, 0) is 6.42 Å². The molecule has 16 heavy (non-hydrogen) atoms. The summed E-state index contributed by atoms with van der Waals surface area (Å²) >= 11 is 0. The Morgan fingerprint density at radius 2 is 1.75 bits per heavy atom. The summed E-state index contributed by atoms with van der Waals surface area (Å²) in [6.45, 7) is 0. The Kier molecular flexibility index (Phi) is 3.08. The minimum atomic E-state index is 0.0657.